The van der Waals surface area contributed by atoms with Gasteiger partial charge < -0.3 is 14.4 Å². The van der Waals surface area contributed by atoms with Crippen LogP contribution >= 0.6 is 0 Å². The van der Waals surface area contributed by atoms with Crippen LogP contribution in [-0.4, -0.2) is 26.2 Å². The molecule has 15 aromatic rings. The lowest BCUT2D eigenvalue weighted by Gasteiger charge is -2.44. The molecule has 410 valence electrons. The first kappa shape index (κ1) is 50.8. The molecular weight excluding hydrogens is 1070 g/mol. The van der Waals surface area contributed by atoms with Gasteiger partial charge in [-0.15, -0.1) is 0 Å². The average molecular weight is 1120 g/mol. The summed E-state index contributed by atoms with van der Waals surface area (Å²) in [5.74, 6) is 1.81. The second-order valence-corrected chi connectivity index (χ2v) is 22.7. The Bertz CT molecular complexity index is 5110. The van der Waals surface area contributed by atoms with Crippen molar-refractivity contribution >= 4 is 79.0 Å². The molecule has 0 aliphatic carbocycles. The number of hydrogen-bond acceptors (Lipinski definition) is 5. The molecule has 0 radical (unpaired) electrons. The zero-order chi connectivity index (χ0) is 58.1. The molecule has 0 saturated carbocycles. The Balaban J connectivity index is 0.783. The van der Waals surface area contributed by atoms with Gasteiger partial charge in [-0.25, -0.2) is 15.0 Å². The average Bonchev–Trinajstić information content (AvgIpc) is 0.816. The fraction of sp³-hybridized carbons (Fsp3) is 0. The van der Waals surface area contributed by atoms with E-state index in [0.717, 1.165) is 94.5 Å². The summed E-state index contributed by atoms with van der Waals surface area (Å²) < 4.78 is 2.43. The van der Waals surface area contributed by atoms with E-state index >= 15 is 0 Å². The van der Waals surface area contributed by atoms with Gasteiger partial charge in [0, 0.05) is 67.2 Å². The third-order valence-electron chi connectivity index (χ3n) is 17.6. The first-order valence-corrected chi connectivity index (χ1v) is 30.0. The van der Waals surface area contributed by atoms with E-state index in [0.29, 0.717) is 17.5 Å². The van der Waals surface area contributed by atoms with Crippen LogP contribution in [0.2, 0.25) is 0 Å². The Morgan fingerprint density at radius 3 is 1.30 bits per heavy atom. The number of hydrogen-bond donors (Lipinski definition) is 0. The molecule has 0 unspecified atom stereocenters. The van der Waals surface area contributed by atoms with E-state index in [4.69, 9.17) is 15.0 Å². The number of anilines is 6. The second kappa shape index (κ2) is 21.1. The van der Waals surface area contributed by atoms with Crippen molar-refractivity contribution < 1.29 is 0 Å². The number of benzene rings is 13. The van der Waals surface area contributed by atoms with Crippen LogP contribution in [0.25, 0.3) is 106 Å². The first-order valence-electron chi connectivity index (χ1n) is 30.0. The van der Waals surface area contributed by atoms with Gasteiger partial charge in [0.15, 0.2) is 17.5 Å². The molecule has 0 saturated heterocycles. The lowest BCUT2D eigenvalue weighted by molar-refractivity contribution is 1.06. The molecule has 7 heteroatoms. The fourth-order valence-electron chi connectivity index (χ4n) is 13.7. The topological polar surface area (TPSA) is 50.1 Å². The van der Waals surface area contributed by atoms with E-state index in [1.54, 1.807) is 0 Å². The summed E-state index contributed by atoms with van der Waals surface area (Å²) >= 11 is 0. The van der Waals surface area contributed by atoms with Gasteiger partial charge >= 0.3 is 0 Å². The van der Waals surface area contributed by atoms with Gasteiger partial charge in [0.2, 0.25) is 0 Å². The number of fused-ring (bicyclic) bond motifs is 7. The minimum Gasteiger partial charge on any atom is -0.311 e. The van der Waals surface area contributed by atoms with Crippen molar-refractivity contribution in [3.8, 4) is 84.4 Å². The molecule has 0 amide bonds. The molecule has 4 heterocycles. The molecule has 0 atom stereocenters. The molecule has 2 aromatic heterocycles. The van der Waals surface area contributed by atoms with Crippen molar-refractivity contribution in [3.63, 3.8) is 0 Å². The summed E-state index contributed by atoms with van der Waals surface area (Å²) in [6.45, 7) is 0.0879. The van der Waals surface area contributed by atoms with Crippen LogP contribution in [-0.2, 0) is 0 Å². The first-order chi connectivity index (χ1) is 43.7. The van der Waals surface area contributed by atoms with Gasteiger partial charge in [0.1, 0.15) is 0 Å². The Labute approximate surface area is 511 Å². The number of para-hydroxylation sites is 5. The highest BCUT2D eigenvalue weighted by atomic mass is 15.2. The number of rotatable bonds is 10. The molecule has 0 fully saturated rings. The van der Waals surface area contributed by atoms with Crippen molar-refractivity contribution in [2.45, 2.75) is 0 Å². The Morgan fingerprint density at radius 2 is 0.659 bits per heavy atom. The lowest BCUT2D eigenvalue weighted by Crippen LogP contribution is -2.61. The van der Waals surface area contributed by atoms with Crippen molar-refractivity contribution in [3.05, 3.63) is 322 Å². The van der Waals surface area contributed by atoms with E-state index in [1.165, 1.54) is 44.7 Å². The molecule has 17 rings (SSSR count). The van der Waals surface area contributed by atoms with E-state index in [9.17, 15) is 0 Å². The maximum atomic E-state index is 5.37. The van der Waals surface area contributed by atoms with Gasteiger partial charge in [-0.05, 0) is 140 Å². The molecule has 0 bridgehead atoms. The number of nitrogens with zero attached hydrogens (tertiary/aromatic N) is 6. The van der Waals surface area contributed by atoms with Crippen LogP contribution in [0.4, 0.5) is 34.1 Å². The lowest BCUT2D eigenvalue weighted by atomic mass is 9.33. The van der Waals surface area contributed by atoms with Crippen LogP contribution in [0.3, 0.4) is 0 Å². The molecule has 0 N–H and O–H groups in total. The van der Waals surface area contributed by atoms with Crippen molar-refractivity contribution in [2.24, 2.45) is 0 Å². The highest BCUT2D eigenvalue weighted by molar-refractivity contribution is 7.00. The van der Waals surface area contributed by atoms with Crippen molar-refractivity contribution in [2.75, 3.05) is 9.80 Å². The van der Waals surface area contributed by atoms with Gasteiger partial charge in [-0.3, -0.25) is 0 Å². The highest BCUT2D eigenvalue weighted by Crippen LogP contribution is 2.46. The van der Waals surface area contributed by atoms with Gasteiger partial charge in [0.05, 0.1) is 16.7 Å². The maximum absolute atomic E-state index is 5.37. The molecule has 13 aromatic carbocycles. The largest absolute Gasteiger partial charge is 0.311 e. The normalized spacial score (nSPS) is 12.2. The summed E-state index contributed by atoms with van der Waals surface area (Å²) in [5, 5.41) is 2.33. The van der Waals surface area contributed by atoms with Crippen LogP contribution in [0.15, 0.2) is 322 Å². The van der Waals surface area contributed by atoms with Crippen LogP contribution in [0.1, 0.15) is 0 Å². The molecule has 2 aliphatic rings. The third kappa shape index (κ3) is 8.54. The molecule has 88 heavy (non-hydrogen) atoms. The Morgan fingerprint density at radius 1 is 0.250 bits per heavy atom. The second-order valence-electron chi connectivity index (χ2n) is 22.7. The van der Waals surface area contributed by atoms with Crippen LogP contribution in [0, 0.1) is 0 Å². The standard InChI is InChI=1S/C81H53BN6/c1-5-23-54(24-6-1)61-47-50-72-68(53-61)66-35-13-16-40-71(66)88(72)78-65(36-21-37-67(78)81-84-79(56-25-7-2-8-26-56)83-80(85-81)57-27-9-3-10-28-57)62-32-20-31-60(52-62)59-30-19-29-58(51-59)55-45-48-64(49-46-55)87-74-42-18-15-39-70(74)82-69-38-14-17-41-73(69)86(63-33-11-4-12-34-63)75-43-22-44-76(87)77(75)82/h1-53H. The minimum atomic E-state index is 0.0879. The zero-order valence-electron chi connectivity index (χ0n) is 47.9. The molecular formula is C81H53BN6. The summed E-state index contributed by atoms with van der Waals surface area (Å²) in [6.07, 6.45) is 0. The summed E-state index contributed by atoms with van der Waals surface area (Å²) in [5.41, 5.74) is 25.8. The van der Waals surface area contributed by atoms with Gasteiger partial charge in [-0.2, -0.15) is 0 Å². The van der Waals surface area contributed by atoms with E-state index in [-0.39, 0.29) is 6.71 Å². The summed E-state index contributed by atoms with van der Waals surface area (Å²) in [6, 6.07) is 116. The highest BCUT2D eigenvalue weighted by Gasteiger charge is 2.43. The third-order valence-corrected chi connectivity index (χ3v) is 17.6. The smallest absolute Gasteiger partial charge is 0.252 e. The fourth-order valence-corrected chi connectivity index (χ4v) is 13.7. The summed E-state index contributed by atoms with van der Waals surface area (Å²) in [7, 11) is 0. The van der Waals surface area contributed by atoms with E-state index in [1.807, 2.05) is 36.4 Å². The molecule has 6 nitrogen and oxygen atoms in total. The van der Waals surface area contributed by atoms with E-state index in [2.05, 4.69) is 299 Å². The van der Waals surface area contributed by atoms with Crippen LogP contribution in [0.5, 0.6) is 0 Å². The monoisotopic (exact) mass is 1120 g/mol. The van der Waals surface area contributed by atoms with E-state index < -0.39 is 0 Å². The van der Waals surface area contributed by atoms with Crippen LogP contribution < -0.4 is 26.2 Å². The zero-order valence-corrected chi connectivity index (χ0v) is 47.9. The minimum absolute atomic E-state index is 0.0879. The maximum Gasteiger partial charge on any atom is 0.252 e. The van der Waals surface area contributed by atoms with Crippen molar-refractivity contribution in [1.29, 1.82) is 0 Å². The SMILES string of the molecule is c1ccc(-c2ccc3c(c2)c2ccccc2n3-c2c(-c3cccc(-c4cccc(-c5ccc(N6c7ccccc7B7c8ccccc8N(c8ccccc8)c8cccc6c87)cc5)c4)c3)cccc2-c2nc(-c3ccccc3)nc(-c3ccccc3)n2)cc1. The van der Waals surface area contributed by atoms with Gasteiger partial charge in [0.25, 0.3) is 6.71 Å². The van der Waals surface area contributed by atoms with Crippen molar-refractivity contribution in [1.82, 2.24) is 19.5 Å². The van der Waals surface area contributed by atoms with Gasteiger partial charge in [-0.1, -0.05) is 237 Å². The molecule has 2 aliphatic heterocycles. The Kier molecular flexibility index (Phi) is 12.2. The number of aromatic nitrogens is 4. The quantitative estimate of drug-likeness (QED) is 0.128. The predicted molar refractivity (Wildman–Crippen MR) is 366 cm³/mol. The predicted octanol–water partition coefficient (Wildman–Crippen LogP) is 18.7. The molecule has 0 spiro atoms. The Hall–Kier alpha value is -11.7. The summed E-state index contributed by atoms with van der Waals surface area (Å²) in [4.78, 5) is 20.8.